The third-order valence-electron chi connectivity index (χ3n) is 6.06. The van der Waals surface area contributed by atoms with Crippen molar-refractivity contribution in [2.45, 2.75) is 26.2 Å². The van der Waals surface area contributed by atoms with Gasteiger partial charge in [-0.3, -0.25) is 14.6 Å². The van der Waals surface area contributed by atoms with Crippen LogP contribution in [0.15, 0.2) is 65.7 Å². The van der Waals surface area contributed by atoms with Gasteiger partial charge in [0.15, 0.2) is 11.5 Å². The van der Waals surface area contributed by atoms with E-state index in [0.717, 1.165) is 10.2 Å². The first-order valence-corrected chi connectivity index (χ1v) is 12.1. The van der Waals surface area contributed by atoms with E-state index in [1.807, 2.05) is 6.07 Å². The van der Waals surface area contributed by atoms with Crippen molar-refractivity contribution in [1.82, 2.24) is 14.8 Å². The second-order valence-corrected chi connectivity index (χ2v) is 8.63. The molecular weight excluding hydrogens is 514 g/mol. The number of hydrogen-bond donors (Lipinski definition) is 1. The third-order valence-corrected chi connectivity index (χ3v) is 6.06. The van der Waals surface area contributed by atoms with Gasteiger partial charge in [0, 0.05) is 37.1 Å². The number of rotatable bonds is 9. The Hall–Kier alpha value is -4.58. The highest BCUT2D eigenvalue weighted by atomic mass is 19.3. The van der Waals surface area contributed by atoms with Crippen LogP contribution in [-0.4, -0.2) is 51.8 Å². The van der Waals surface area contributed by atoms with Crippen molar-refractivity contribution in [2.24, 2.45) is 0 Å². The number of pyridine rings is 1. The zero-order valence-corrected chi connectivity index (χ0v) is 20.8. The van der Waals surface area contributed by atoms with E-state index in [1.165, 1.54) is 23.1 Å². The van der Waals surface area contributed by atoms with Crippen LogP contribution < -0.4 is 24.7 Å². The molecule has 1 aliphatic heterocycles. The predicted octanol–water partition coefficient (Wildman–Crippen LogP) is 3.13. The first-order valence-electron chi connectivity index (χ1n) is 12.1. The minimum Gasteiger partial charge on any atom is -0.490 e. The fourth-order valence-electron chi connectivity index (χ4n) is 4.41. The number of carbonyl (C=O) groups is 1. The van der Waals surface area contributed by atoms with Crippen LogP contribution in [-0.2, 0) is 17.8 Å². The molecule has 202 valence electrons. The molecule has 0 unspecified atom stereocenters. The molecule has 0 saturated carbocycles. The summed E-state index contributed by atoms with van der Waals surface area (Å²) in [6.07, 6.45) is -0.171. The summed E-state index contributed by atoms with van der Waals surface area (Å²) in [7, 11) is 0. The van der Waals surface area contributed by atoms with Crippen molar-refractivity contribution >= 4 is 22.4 Å². The van der Waals surface area contributed by atoms with E-state index in [4.69, 9.17) is 4.74 Å². The van der Waals surface area contributed by atoms with Crippen LogP contribution >= 0.6 is 0 Å². The summed E-state index contributed by atoms with van der Waals surface area (Å²) in [4.78, 5) is 32.3. The van der Waals surface area contributed by atoms with E-state index in [1.54, 1.807) is 43.6 Å². The number of carbonyl (C=O) groups excluding carboxylic acids is 1. The average Bonchev–Trinajstić information content (AvgIpc) is 3.24. The summed E-state index contributed by atoms with van der Waals surface area (Å²) in [5.74, 6) is -0.439. The number of likely N-dealkylation sites (N-methyl/N-ethyl adjacent to an activating group) is 1. The number of fused-ring (bicyclic) bond motifs is 2. The summed E-state index contributed by atoms with van der Waals surface area (Å²) in [6, 6.07) is 12.6. The van der Waals surface area contributed by atoms with Crippen LogP contribution in [0.3, 0.4) is 0 Å². The number of aliphatic hydroxyl groups excluding tert-OH is 1. The molecule has 4 aromatic rings. The smallest absolute Gasteiger partial charge is 0.490 e. The monoisotopic (exact) mass is 538 g/mol. The third kappa shape index (κ3) is 5.36. The van der Waals surface area contributed by atoms with Gasteiger partial charge in [-0.1, -0.05) is 12.1 Å². The SMILES string of the molecule is CCN(C(=O)Cn1nc(Cc2cccnc2)c2c(OCCO)cccc2c1=O)c1ccc2c(c1)OC(F)(F)O2. The van der Waals surface area contributed by atoms with Gasteiger partial charge in [-0.05, 0) is 42.8 Å². The van der Waals surface area contributed by atoms with Crippen LogP contribution in [0, 0.1) is 0 Å². The van der Waals surface area contributed by atoms with Crippen molar-refractivity contribution in [3.63, 3.8) is 0 Å². The lowest BCUT2D eigenvalue weighted by atomic mass is 10.0. The van der Waals surface area contributed by atoms with Crippen molar-refractivity contribution in [3.05, 3.63) is 82.5 Å². The number of halogens is 2. The predicted molar refractivity (Wildman–Crippen MR) is 136 cm³/mol. The van der Waals surface area contributed by atoms with Crippen LogP contribution in [0.1, 0.15) is 18.2 Å². The first kappa shape index (κ1) is 26.0. The highest BCUT2D eigenvalue weighted by Crippen LogP contribution is 2.42. The fourth-order valence-corrected chi connectivity index (χ4v) is 4.41. The molecule has 12 heteroatoms. The number of alkyl halides is 2. The molecule has 2 aromatic heterocycles. The highest BCUT2D eigenvalue weighted by Gasteiger charge is 2.43. The number of hydrogen-bond acceptors (Lipinski definition) is 8. The molecule has 0 bridgehead atoms. The molecule has 1 N–H and O–H groups in total. The Kier molecular flexibility index (Phi) is 7.11. The van der Waals surface area contributed by atoms with Gasteiger partial charge in [0.1, 0.15) is 18.9 Å². The van der Waals surface area contributed by atoms with Crippen molar-refractivity contribution in [3.8, 4) is 17.2 Å². The summed E-state index contributed by atoms with van der Waals surface area (Å²) >= 11 is 0. The Morgan fingerprint density at radius 3 is 2.72 bits per heavy atom. The van der Waals surface area contributed by atoms with Crippen LogP contribution in [0.25, 0.3) is 10.8 Å². The topological polar surface area (TPSA) is 116 Å². The van der Waals surface area contributed by atoms with Crippen molar-refractivity contribution in [1.29, 1.82) is 0 Å². The average molecular weight is 539 g/mol. The summed E-state index contributed by atoms with van der Waals surface area (Å²) < 4.78 is 42.6. The standard InChI is InChI=1S/C27H24F2N4O6/c1-2-32(18-8-9-21-23(14-18)39-27(28,29)38-21)24(35)16-33-26(36)19-6-3-7-22(37-12-11-34)25(19)20(31-33)13-17-5-4-10-30-15-17/h3-10,14-15,34H,2,11-13,16H2,1H3. The molecule has 0 atom stereocenters. The highest BCUT2D eigenvalue weighted by molar-refractivity contribution is 5.94. The van der Waals surface area contributed by atoms with Gasteiger partial charge in [0.25, 0.3) is 5.56 Å². The van der Waals surface area contributed by atoms with Gasteiger partial charge in [0.2, 0.25) is 5.91 Å². The second kappa shape index (κ2) is 10.7. The molecule has 0 saturated heterocycles. The lowest BCUT2D eigenvalue weighted by Gasteiger charge is -2.22. The number of amides is 1. The van der Waals surface area contributed by atoms with Crippen LogP contribution in [0.2, 0.25) is 0 Å². The molecule has 10 nitrogen and oxygen atoms in total. The number of aliphatic hydroxyl groups is 1. The molecule has 3 heterocycles. The Morgan fingerprint density at radius 1 is 1.15 bits per heavy atom. The van der Waals surface area contributed by atoms with Gasteiger partial charge in [-0.15, -0.1) is 8.78 Å². The van der Waals surface area contributed by atoms with Crippen molar-refractivity contribution < 1.29 is 32.9 Å². The maximum atomic E-state index is 13.5. The Morgan fingerprint density at radius 2 is 1.97 bits per heavy atom. The largest absolute Gasteiger partial charge is 0.586 e. The maximum absolute atomic E-state index is 13.5. The zero-order chi connectivity index (χ0) is 27.6. The summed E-state index contributed by atoms with van der Waals surface area (Å²) in [5, 5.41) is 14.5. The zero-order valence-electron chi connectivity index (χ0n) is 20.8. The molecule has 1 aliphatic rings. The second-order valence-electron chi connectivity index (χ2n) is 8.63. The quantitative estimate of drug-likeness (QED) is 0.346. The van der Waals surface area contributed by atoms with E-state index in [-0.39, 0.29) is 31.3 Å². The molecule has 0 radical (unpaired) electrons. The van der Waals surface area contributed by atoms with Gasteiger partial charge in [-0.2, -0.15) is 5.10 Å². The fraction of sp³-hybridized carbons (Fsp3) is 0.259. The first-order chi connectivity index (χ1) is 18.8. The molecule has 39 heavy (non-hydrogen) atoms. The lowest BCUT2D eigenvalue weighted by Crippen LogP contribution is -2.37. The summed E-state index contributed by atoms with van der Waals surface area (Å²) in [6.45, 7) is 1.32. The van der Waals surface area contributed by atoms with Gasteiger partial charge in [0.05, 0.1) is 23.1 Å². The molecule has 0 fully saturated rings. The van der Waals surface area contributed by atoms with E-state index in [0.29, 0.717) is 34.3 Å². The minimum absolute atomic E-state index is 0.0277. The normalized spacial score (nSPS) is 13.4. The maximum Gasteiger partial charge on any atom is 0.586 e. The number of benzene rings is 2. The van der Waals surface area contributed by atoms with E-state index in [9.17, 15) is 23.5 Å². The van der Waals surface area contributed by atoms with E-state index in [2.05, 4.69) is 19.6 Å². The molecule has 0 aliphatic carbocycles. The molecule has 1 amide bonds. The Balaban J connectivity index is 1.52. The van der Waals surface area contributed by atoms with Crippen LogP contribution in [0.5, 0.6) is 17.2 Å². The minimum atomic E-state index is -3.78. The molecular formula is C27H24F2N4O6. The van der Waals surface area contributed by atoms with E-state index >= 15 is 0 Å². The van der Waals surface area contributed by atoms with Crippen LogP contribution in [0.4, 0.5) is 14.5 Å². The molecule has 5 rings (SSSR count). The van der Waals surface area contributed by atoms with Gasteiger partial charge < -0.3 is 24.2 Å². The number of aromatic nitrogens is 3. The number of anilines is 1. The molecule has 0 spiro atoms. The Labute approximate surface area is 221 Å². The Bertz CT molecular complexity index is 1580. The van der Waals surface area contributed by atoms with E-state index < -0.39 is 24.3 Å². The lowest BCUT2D eigenvalue weighted by molar-refractivity contribution is -0.286. The number of ether oxygens (including phenoxy) is 3. The number of nitrogens with zero attached hydrogens (tertiary/aromatic N) is 4. The van der Waals surface area contributed by atoms with Crippen molar-refractivity contribution in [2.75, 3.05) is 24.7 Å². The summed E-state index contributed by atoms with van der Waals surface area (Å²) in [5.41, 5.74) is 1.09. The van der Waals surface area contributed by atoms with Gasteiger partial charge in [-0.25, -0.2) is 4.68 Å². The molecule has 2 aromatic carbocycles. The van der Waals surface area contributed by atoms with Gasteiger partial charge >= 0.3 is 6.29 Å².